The lowest BCUT2D eigenvalue weighted by atomic mass is 9.98. The van der Waals surface area contributed by atoms with E-state index in [-0.39, 0.29) is 0 Å². The van der Waals surface area contributed by atoms with Gasteiger partial charge in [0.05, 0.1) is 16.7 Å². The fourth-order valence-corrected chi connectivity index (χ4v) is 7.56. The molecule has 6 aromatic carbocycles. The molecule has 0 N–H and O–H groups in total. The molecule has 0 spiro atoms. The molecule has 0 aliphatic rings. The minimum atomic E-state index is 0.980. The van der Waals surface area contributed by atoms with E-state index in [9.17, 15) is 0 Å². The third-order valence-electron chi connectivity index (χ3n) is 8.21. The molecule has 3 aromatic heterocycles. The molecule has 9 rings (SSSR count). The molecule has 2 nitrogen and oxygen atoms in total. The Labute approximate surface area is 234 Å². The van der Waals surface area contributed by atoms with Gasteiger partial charge >= 0.3 is 0 Å². The zero-order chi connectivity index (χ0) is 26.2. The van der Waals surface area contributed by atoms with Gasteiger partial charge in [-0.15, -0.1) is 11.3 Å². The molecule has 3 heterocycles. The predicted molar refractivity (Wildman–Crippen MR) is 172 cm³/mol. The van der Waals surface area contributed by atoms with E-state index in [0.717, 1.165) is 16.9 Å². The van der Waals surface area contributed by atoms with Crippen molar-refractivity contribution in [3.63, 3.8) is 0 Å². The van der Waals surface area contributed by atoms with Crippen molar-refractivity contribution in [3.05, 3.63) is 134 Å². The topological polar surface area (TPSA) is 17.8 Å². The zero-order valence-corrected chi connectivity index (χ0v) is 22.3. The smallest absolute Gasteiger partial charge is 0.0702 e. The van der Waals surface area contributed by atoms with Gasteiger partial charge in [0.2, 0.25) is 0 Å². The summed E-state index contributed by atoms with van der Waals surface area (Å²) >= 11 is 1.88. The summed E-state index contributed by atoms with van der Waals surface area (Å²) in [6.07, 6.45) is 1.86. The van der Waals surface area contributed by atoms with Gasteiger partial charge in [-0.05, 0) is 64.7 Å². The Bertz CT molecular complexity index is 2430. The van der Waals surface area contributed by atoms with Gasteiger partial charge in [-0.1, -0.05) is 78.9 Å². The molecule has 0 saturated heterocycles. The maximum atomic E-state index is 4.61. The number of pyridine rings is 1. The van der Waals surface area contributed by atoms with E-state index in [4.69, 9.17) is 0 Å². The molecule has 9 aromatic rings. The van der Waals surface area contributed by atoms with Crippen molar-refractivity contribution in [3.8, 4) is 16.9 Å². The molecule has 0 amide bonds. The Balaban J connectivity index is 1.40. The molecule has 0 radical (unpaired) electrons. The second-order valence-corrected chi connectivity index (χ2v) is 11.5. The molecular formula is C37H22N2S. The molecule has 0 unspecified atom stereocenters. The van der Waals surface area contributed by atoms with Crippen molar-refractivity contribution in [1.29, 1.82) is 0 Å². The second kappa shape index (κ2) is 8.25. The van der Waals surface area contributed by atoms with Gasteiger partial charge in [-0.25, -0.2) is 0 Å². The highest BCUT2D eigenvalue weighted by Gasteiger charge is 2.17. The van der Waals surface area contributed by atoms with Crippen LogP contribution in [0.2, 0.25) is 0 Å². The number of rotatable bonds is 2. The largest absolute Gasteiger partial charge is 0.309 e. The first-order valence-corrected chi connectivity index (χ1v) is 14.4. The molecule has 0 saturated carbocycles. The molecule has 0 aliphatic heterocycles. The highest BCUT2D eigenvalue weighted by molar-refractivity contribution is 7.25. The third kappa shape index (κ3) is 3.07. The Kier molecular flexibility index (Phi) is 4.52. The summed E-state index contributed by atoms with van der Waals surface area (Å²) in [5.74, 6) is 0. The summed E-state index contributed by atoms with van der Waals surface area (Å²) in [4.78, 5) is 4.61. The Morgan fingerprint density at radius 1 is 0.500 bits per heavy atom. The monoisotopic (exact) mass is 526 g/mol. The molecule has 0 fully saturated rings. The summed E-state index contributed by atoms with van der Waals surface area (Å²) < 4.78 is 5.12. The van der Waals surface area contributed by atoms with E-state index in [0.29, 0.717) is 0 Å². The maximum absolute atomic E-state index is 4.61. The minimum absolute atomic E-state index is 0.980. The van der Waals surface area contributed by atoms with Gasteiger partial charge in [-0.3, -0.25) is 4.98 Å². The van der Waals surface area contributed by atoms with Crippen LogP contribution in [0.4, 0.5) is 0 Å². The number of benzene rings is 6. The van der Waals surface area contributed by atoms with Crippen molar-refractivity contribution in [2.75, 3.05) is 0 Å². The van der Waals surface area contributed by atoms with Gasteiger partial charge in [-0.2, -0.15) is 0 Å². The van der Waals surface area contributed by atoms with E-state index in [1.54, 1.807) is 0 Å². The van der Waals surface area contributed by atoms with Crippen molar-refractivity contribution in [2.24, 2.45) is 0 Å². The first-order valence-electron chi connectivity index (χ1n) is 13.6. The molecule has 0 aliphatic carbocycles. The van der Waals surface area contributed by atoms with Crippen LogP contribution in [-0.2, 0) is 0 Å². The van der Waals surface area contributed by atoms with Gasteiger partial charge in [0.25, 0.3) is 0 Å². The molecule has 40 heavy (non-hydrogen) atoms. The molecule has 0 atom stereocenters. The normalized spacial score (nSPS) is 12.0. The van der Waals surface area contributed by atoms with E-state index < -0.39 is 0 Å². The van der Waals surface area contributed by atoms with Crippen LogP contribution >= 0.6 is 11.3 Å². The van der Waals surface area contributed by atoms with E-state index in [1.165, 1.54) is 63.5 Å². The number of thiophene rings is 1. The number of fused-ring (bicyclic) bond motifs is 10. The number of hydrogen-bond acceptors (Lipinski definition) is 2. The van der Waals surface area contributed by atoms with E-state index in [2.05, 4.69) is 125 Å². The minimum Gasteiger partial charge on any atom is -0.309 e. The lowest BCUT2D eigenvalue weighted by molar-refractivity contribution is 1.18. The molecule has 186 valence electrons. The van der Waals surface area contributed by atoms with Crippen LogP contribution < -0.4 is 0 Å². The fourth-order valence-electron chi connectivity index (χ4n) is 6.42. The summed E-state index contributed by atoms with van der Waals surface area (Å²) in [7, 11) is 0. The quantitative estimate of drug-likeness (QED) is 0.205. The SMILES string of the molecule is c1ccc(-c2cccc(-n3c4ccccc4c4ccc5c6cc7c(cc6ccc5c43)sc3ccccc37)c2)nc1. The average molecular weight is 527 g/mol. The van der Waals surface area contributed by atoms with Crippen LogP contribution in [0.5, 0.6) is 0 Å². The first-order chi connectivity index (χ1) is 19.8. The van der Waals surface area contributed by atoms with E-state index >= 15 is 0 Å². The van der Waals surface area contributed by atoms with Gasteiger partial charge < -0.3 is 4.57 Å². The number of para-hydroxylation sites is 1. The molecular weight excluding hydrogens is 504 g/mol. The number of aromatic nitrogens is 2. The Morgan fingerprint density at radius 2 is 1.30 bits per heavy atom. The van der Waals surface area contributed by atoms with Crippen molar-refractivity contribution >= 4 is 74.9 Å². The van der Waals surface area contributed by atoms with Crippen LogP contribution in [0.1, 0.15) is 0 Å². The number of hydrogen-bond donors (Lipinski definition) is 0. The zero-order valence-electron chi connectivity index (χ0n) is 21.5. The fraction of sp³-hybridized carbons (Fsp3) is 0. The van der Waals surface area contributed by atoms with Gasteiger partial charge in [0, 0.05) is 53.8 Å². The number of nitrogens with zero attached hydrogens (tertiary/aromatic N) is 2. The standard InChI is InChI=1S/C37H22N2S/c1-3-13-34-27(10-1)30-18-17-26-29(37(30)39(34)25-9-7-8-24(20-25)33-12-5-6-19-38-33)16-15-23-21-36-32(22-31(23)26)28-11-2-4-14-35(28)40-36/h1-22H. The van der Waals surface area contributed by atoms with Gasteiger partial charge in [0.15, 0.2) is 0 Å². The lowest BCUT2D eigenvalue weighted by Gasteiger charge is -2.12. The summed E-state index contributed by atoms with van der Waals surface area (Å²) in [5, 5.41) is 10.3. The molecule has 3 heteroatoms. The van der Waals surface area contributed by atoms with E-state index in [1.807, 2.05) is 29.7 Å². The maximum Gasteiger partial charge on any atom is 0.0702 e. The Morgan fingerprint density at radius 3 is 2.23 bits per heavy atom. The summed E-state index contributed by atoms with van der Waals surface area (Å²) in [5.41, 5.74) is 5.69. The van der Waals surface area contributed by atoms with Gasteiger partial charge in [0.1, 0.15) is 0 Å². The van der Waals surface area contributed by atoms with Crippen LogP contribution in [-0.4, -0.2) is 9.55 Å². The van der Waals surface area contributed by atoms with Crippen molar-refractivity contribution < 1.29 is 0 Å². The summed E-state index contributed by atoms with van der Waals surface area (Å²) in [6.45, 7) is 0. The lowest BCUT2D eigenvalue weighted by Crippen LogP contribution is -1.95. The highest BCUT2D eigenvalue weighted by Crippen LogP contribution is 2.42. The molecule has 0 bridgehead atoms. The highest BCUT2D eigenvalue weighted by atomic mass is 32.1. The van der Waals surface area contributed by atoms with Crippen LogP contribution in [0, 0.1) is 0 Å². The first kappa shape index (κ1) is 21.9. The summed E-state index contributed by atoms with van der Waals surface area (Å²) in [6, 6.07) is 46.3. The third-order valence-corrected chi connectivity index (χ3v) is 9.34. The van der Waals surface area contributed by atoms with Crippen LogP contribution in [0.3, 0.4) is 0 Å². The van der Waals surface area contributed by atoms with Crippen LogP contribution in [0.15, 0.2) is 134 Å². The second-order valence-electron chi connectivity index (χ2n) is 10.4. The predicted octanol–water partition coefficient (Wildman–Crippen LogP) is 10.5. The van der Waals surface area contributed by atoms with Crippen molar-refractivity contribution in [1.82, 2.24) is 9.55 Å². The van der Waals surface area contributed by atoms with Crippen LogP contribution in [0.25, 0.3) is 80.5 Å². The Hall–Kier alpha value is -4.99. The average Bonchev–Trinajstić information content (AvgIpc) is 3.56. The van der Waals surface area contributed by atoms with Crippen molar-refractivity contribution in [2.45, 2.75) is 0 Å².